The van der Waals surface area contributed by atoms with Crippen LogP contribution in [-0.4, -0.2) is 82.9 Å². The first-order chi connectivity index (χ1) is 16.8. The van der Waals surface area contributed by atoms with Crippen molar-refractivity contribution in [2.75, 3.05) is 44.2 Å². The number of carbonyl (C=O) groups is 2. The third-order valence-corrected chi connectivity index (χ3v) is 7.69. The molecule has 1 aromatic heterocycles. The Kier molecular flexibility index (Phi) is 6.57. The summed E-state index contributed by atoms with van der Waals surface area (Å²) in [5.74, 6) is 0.0490. The number of anilines is 1. The van der Waals surface area contributed by atoms with E-state index in [-0.39, 0.29) is 30.6 Å². The van der Waals surface area contributed by atoms with E-state index in [4.69, 9.17) is 9.84 Å². The standard InChI is InChI=1S/C27H37N5O3/c1-18-8-9-22(14-19(18)2)29-10-12-30(13-11-29)25(33)17-32-24-7-5-6-23(24)26(28-32)27(34)31-15-20(3)35-21(4)16-31/h8-9,14,20-21H,5-7,10-13,15-17H2,1-4H3/t20-,21+. The molecule has 3 aliphatic rings. The van der Waals surface area contributed by atoms with Gasteiger partial charge in [0.05, 0.1) is 12.2 Å². The maximum atomic E-state index is 13.4. The molecule has 188 valence electrons. The molecule has 3 heterocycles. The summed E-state index contributed by atoms with van der Waals surface area (Å²) in [4.78, 5) is 32.7. The summed E-state index contributed by atoms with van der Waals surface area (Å²) >= 11 is 0. The highest BCUT2D eigenvalue weighted by Crippen LogP contribution is 2.27. The molecule has 0 bridgehead atoms. The Hall–Kier alpha value is -2.87. The van der Waals surface area contributed by atoms with E-state index >= 15 is 0 Å². The van der Waals surface area contributed by atoms with E-state index in [2.05, 4.69) is 36.9 Å². The fraction of sp³-hybridized carbons (Fsp3) is 0.593. The highest BCUT2D eigenvalue weighted by molar-refractivity contribution is 5.94. The van der Waals surface area contributed by atoms with Crippen LogP contribution in [0.5, 0.6) is 0 Å². The van der Waals surface area contributed by atoms with Gasteiger partial charge in [0.25, 0.3) is 5.91 Å². The lowest BCUT2D eigenvalue weighted by atomic mass is 10.1. The summed E-state index contributed by atoms with van der Waals surface area (Å²) in [6.45, 7) is 12.7. The van der Waals surface area contributed by atoms with Crippen molar-refractivity contribution in [2.24, 2.45) is 0 Å². The van der Waals surface area contributed by atoms with Gasteiger partial charge in [-0.1, -0.05) is 6.07 Å². The lowest BCUT2D eigenvalue weighted by molar-refractivity contribution is -0.132. The molecule has 2 atom stereocenters. The van der Waals surface area contributed by atoms with E-state index in [0.29, 0.717) is 31.9 Å². The number of hydrogen-bond acceptors (Lipinski definition) is 5. The zero-order chi connectivity index (χ0) is 24.7. The predicted molar refractivity (Wildman–Crippen MR) is 135 cm³/mol. The number of ether oxygens (including phenoxy) is 1. The molecule has 1 aromatic carbocycles. The Balaban J connectivity index is 1.25. The summed E-state index contributed by atoms with van der Waals surface area (Å²) in [6.07, 6.45) is 2.77. The van der Waals surface area contributed by atoms with E-state index in [1.54, 1.807) is 4.68 Å². The van der Waals surface area contributed by atoms with Crippen LogP contribution in [-0.2, 0) is 28.9 Å². The van der Waals surface area contributed by atoms with E-state index < -0.39 is 0 Å². The van der Waals surface area contributed by atoms with Crippen molar-refractivity contribution in [3.8, 4) is 0 Å². The van der Waals surface area contributed by atoms with Crippen molar-refractivity contribution >= 4 is 17.5 Å². The molecule has 2 aromatic rings. The number of piperazine rings is 1. The van der Waals surface area contributed by atoms with Crippen LogP contribution in [0.15, 0.2) is 18.2 Å². The van der Waals surface area contributed by atoms with Crippen LogP contribution in [0.2, 0.25) is 0 Å². The third-order valence-electron chi connectivity index (χ3n) is 7.69. The molecular formula is C27H37N5O3. The molecule has 8 nitrogen and oxygen atoms in total. The number of benzene rings is 1. The molecule has 8 heteroatoms. The maximum absolute atomic E-state index is 13.4. The predicted octanol–water partition coefficient (Wildman–Crippen LogP) is 2.59. The summed E-state index contributed by atoms with van der Waals surface area (Å²) < 4.78 is 7.60. The van der Waals surface area contributed by atoms with Crippen LogP contribution in [0.1, 0.15) is 53.1 Å². The molecule has 0 N–H and O–H groups in total. The first kappa shape index (κ1) is 23.9. The van der Waals surface area contributed by atoms with E-state index in [1.807, 2.05) is 23.6 Å². The monoisotopic (exact) mass is 479 g/mol. The second kappa shape index (κ2) is 9.64. The second-order valence-electron chi connectivity index (χ2n) is 10.4. The van der Waals surface area contributed by atoms with Crippen LogP contribution in [0.4, 0.5) is 5.69 Å². The molecular weight excluding hydrogens is 442 g/mol. The lowest BCUT2D eigenvalue weighted by Gasteiger charge is -2.36. The maximum Gasteiger partial charge on any atom is 0.274 e. The first-order valence-corrected chi connectivity index (χ1v) is 12.9. The Morgan fingerprint density at radius 3 is 2.37 bits per heavy atom. The second-order valence-corrected chi connectivity index (χ2v) is 10.4. The van der Waals surface area contributed by atoms with Gasteiger partial charge in [-0.2, -0.15) is 5.10 Å². The number of aromatic nitrogens is 2. The van der Waals surface area contributed by atoms with Crippen LogP contribution in [0.25, 0.3) is 0 Å². The molecule has 35 heavy (non-hydrogen) atoms. The average molecular weight is 480 g/mol. The van der Waals surface area contributed by atoms with Gasteiger partial charge < -0.3 is 19.4 Å². The van der Waals surface area contributed by atoms with Crippen LogP contribution < -0.4 is 4.90 Å². The van der Waals surface area contributed by atoms with Gasteiger partial charge in [0.15, 0.2) is 5.69 Å². The minimum absolute atomic E-state index is 0.0157. The Morgan fingerprint density at radius 2 is 1.69 bits per heavy atom. The summed E-state index contributed by atoms with van der Waals surface area (Å²) in [5, 5.41) is 4.70. The smallest absolute Gasteiger partial charge is 0.274 e. The van der Waals surface area contributed by atoms with Crippen molar-refractivity contribution in [1.82, 2.24) is 19.6 Å². The summed E-state index contributed by atoms with van der Waals surface area (Å²) in [6, 6.07) is 6.56. The Morgan fingerprint density at radius 1 is 0.971 bits per heavy atom. The summed E-state index contributed by atoms with van der Waals surface area (Å²) in [5.41, 5.74) is 6.44. The van der Waals surface area contributed by atoms with Gasteiger partial charge in [-0.25, -0.2) is 0 Å². The van der Waals surface area contributed by atoms with Crippen molar-refractivity contribution < 1.29 is 14.3 Å². The van der Waals surface area contributed by atoms with Crippen molar-refractivity contribution in [3.63, 3.8) is 0 Å². The van der Waals surface area contributed by atoms with E-state index in [1.165, 1.54) is 16.8 Å². The number of nitrogens with zero attached hydrogens (tertiary/aromatic N) is 5. The van der Waals surface area contributed by atoms with Crippen LogP contribution in [0.3, 0.4) is 0 Å². The Labute approximate surface area is 207 Å². The molecule has 0 saturated carbocycles. The number of carbonyl (C=O) groups excluding carboxylic acids is 2. The highest BCUT2D eigenvalue weighted by Gasteiger charge is 2.33. The number of amides is 2. The number of hydrogen-bond donors (Lipinski definition) is 0. The topological polar surface area (TPSA) is 70.9 Å². The van der Waals surface area contributed by atoms with Crippen molar-refractivity contribution in [3.05, 3.63) is 46.3 Å². The van der Waals surface area contributed by atoms with E-state index in [0.717, 1.165) is 43.6 Å². The zero-order valence-electron chi connectivity index (χ0n) is 21.4. The minimum Gasteiger partial charge on any atom is -0.372 e. The molecule has 0 unspecified atom stereocenters. The molecule has 5 rings (SSSR count). The SMILES string of the molecule is Cc1ccc(N2CCN(C(=O)Cn3nc(C(=O)N4C[C@@H](C)O[C@@H](C)C4)c4c3CCC4)CC2)cc1C. The van der Waals surface area contributed by atoms with Gasteiger partial charge in [0.1, 0.15) is 6.54 Å². The molecule has 2 amide bonds. The van der Waals surface area contributed by atoms with Gasteiger partial charge in [-0.15, -0.1) is 0 Å². The van der Waals surface area contributed by atoms with Gasteiger partial charge >= 0.3 is 0 Å². The fourth-order valence-corrected chi connectivity index (χ4v) is 5.67. The number of aryl methyl sites for hydroxylation is 2. The van der Waals surface area contributed by atoms with E-state index in [9.17, 15) is 9.59 Å². The number of fused-ring (bicyclic) bond motifs is 1. The quantitative estimate of drug-likeness (QED) is 0.674. The zero-order valence-corrected chi connectivity index (χ0v) is 21.4. The minimum atomic E-state index is -0.0293. The third kappa shape index (κ3) is 4.81. The van der Waals surface area contributed by atoms with Crippen LogP contribution >= 0.6 is 0 Å². The Bertz CT molecular complexity index is 1110. The first-order valence-electron chi connectivity index (χ1n) is 12.9. The van der Waals surface area contributed by atoms with Gasteiger partial charge in [-0.3, -0.25) is 14.3 Å². The highest BCUT2D eigenvalue weighted by atomic mass is 16.5. The molecule has 2 saturated heterocycles. The summed E-state index contributed by atoms with van der Waals surface area (Å²) in [7, 11) is 0. The van der Waals surface area contributed by atoms with Gasteiger partial charge in [0.2, 0.25) is 5.91 Å². The fourth-order valence-electron chi connectivity index (χ4n) is 5.67. The average Bonchev–Trinajstić information content (AvgIpc) is 3.44. The molecule has 2 aliphatic heterocycles. The van der Waals surface area contributed by atoms with Crippen LogP contribution in [0, 0.1) is 13.8 Å². The normalized spacial score (nSPS) is 22.5. The van der Waals surface area contributed by atoms with Crippen molar-refractivity contribution in [1.29, 1.82) is 0 Å². The lowest BCUT2D eigenvalue weighted by Crippen LogP contribution is -2.49. The van der Waals surface area contributed by atoms with Crippen molar-refractivity contribution in [2.45, 2.75) is 65.7 Å². The molecule has 0 spiro atoms. The van der Waals surface area contributed by atoms with Gasteiger partial charge in [0, 0.05) is 56.2 Å². The van der Waals surface area contributed by atoms with Gasteiger partial charge in [-0.05, 0) is 70.2 Å². The number of morpholine rings is 1. The molecule has 1 aliphatic carbocycles. The largest absolute Gasteiger partial charge is 0.372 e. The number of rotatable bonds is 4. The molecule has 2 fully saturated rings. The molecule has 0 radical (unpaired) electrons.